The number of benzene rings is 5. The van der Waals surface area contributed by atoms with Gasteiger partial charge < -0.3 is 47.6 Å². The Labute approximate surface area is 745 Å². The van der Waals surface area contributed by atoms with Crippen LogP contribution in [0.25, 0.3) is 0 Å². The maximum Gasteiger partial charge on any atom is 0.426 e. The molecule has 8 aliphatic carbocycles. The fourth-order valence-corrected chi connectivity index (χ4v) is 20.2. The zero-order valence-corrected chi connectivity index (χ0v) is 75.7. The minimum absolute atomic E-state index is 0. The molecular formula is C101H153F3O18S2. The Bertz CT molecular complexity index is 4300. The van der Waals surface area contributed by atoms with Crippen LogP contribution in [0.15, 0.2) is 136 Å². The molecule has 5 aromatic rings. The average Bonchev–Trinajstić information content (AvgIpc) is 0.741. The number of alkyl halides is 3. The van der Waals surface area contributed by atoms with E-state index in [1.807, 2.05) is 79.7 Å². The number of halogens is 3. The molecule has 2 aliphatic heterocycles. The van der Waals surface area contributed by atoms with Gasteiger partial charge in [0.15, 0.2) is 16.4 Å². The van der Waals surface area contributed by atoms with Gasteiger partial charge in [0, 0.05) is 24.3 Å². The molecule has 0 amide bonds. The predicted octanol–water partition coefficient (Wildman–Crippen LogP) is 25.7. The Morgan fingerprint density at radius 1 is 0.573 bits per heavy atom. The van der Waals surface area contributed by atoms with E-state index < -0.39 is 79.4 Å². The molecule has 1 N–H and O–H groups in total. The largest absolute Gasteiger partial charge is 0.748 e. The number of esters is 6. The standard InChI is InChI=1S/C20H29F3O7S.C19H32O2.C18H13OS.C15H24O.C14H20O3.C10H16O4.5CH4/c1-4-17(2,3)15(24)30-19-8-12-5-13(9-19)7-18(6-12,11-19)16(25)29-14(20(21,22)23)10-31(26,27)28;1-6-17(2,3)16(20)21-18(4,5)19-10-13-7-14(11-19)9-15(8-13)12-19;1-2-8-14(9-3-1)20-17-12-6-4-10-15(17)19-16-11-5-7-13-18(16)20;1-6-12(3)13-8-10-14(11-9-13)16-15(4,5)7-2;1-5-10-7-11(15)9-12(8-10)17-13(16)14(3,4)6-2;1-4-10(2,3)9(12)14-7-5-6-13-8(7)11;;;;;/h12-14H,4-11H2,1-3H3,(H,26,27,28);13-15H,6-12H2,1-5H3;1-13H;8-12H,6-7H2,1-5H3;7-9,15H,5-6H2,1-4H3;7H,4-6H2,1-3H3;5*1H4/q;;+1;;;;;;;;/p-1. The number of phenolic OH excluding ortho intramolecular Hbond substituents is 1. The number of aromatic hydroxyl groups is 1. The first-order valence-electron chi connectivity index (χ1n) is 43.0. The van der Waals surface area contributed by atoms with E-state index in [0.717, 1.165) is 66.2 Å². The molecule has 124 heavy (non-hydrogen) atoms. The second-order valence-corrected chi connectivity index (χ2v) is 41.6. The van der Waals surface area contributed by atoms with E-state index in [9.17, 15) is 60.0 Å². The molecule has 18 nitrogen and oxygen atoms in total. The summed E-state index contributed by atoms with van der Waals surface area (Å²) in [5.74, 6) is 2.30. The highest BCUT2D eigenvalue weighted by Crippen LogP contribution is 2.66. The van der Waals surface area contributed by atoms with Gasteiger partial charge in [0.2, 0.25) is 22.0 Å². The number of carbonyl (C=O) groups excluding carboxylic acids is 6. The first-order chi connectivity index (χ1) is 55.4. The zero-order chi connectivity index (χ0) is 88.3. The van der Waals surface area contributed by atoms with Crippen molar-refractivity contribution in [2.75, 3.05) is 12.4 Å². The van der Waals surface area contributed by atoms with Gasteiger partial charge in [-0.3, -0.25) is 24.0 Å². The van der Waals surface area contributed by atoms with Crippen LogP contribution < -0.4 is 14.2 Å². The van der Waals surface area contributed by atoms with Crippen molar-refractivity contribution in [2.45, 2.75) is 360 Å². The minimum atomic E-state index is -5.27. The van der Waals surface area contributed by atoms with Crippen molar-refractivity contribution >= 4 is 56.8 Å². The highest BCUT2D eigenvalue weighted by Gasteiger charge is 2.65. The third-order valence-electron chi connectivity index (χ3n) is 26.5. The van der Waals surface area contributed by atoms with Gasteiger partial charge in [-0.1, -0.05) is 147 Å². The third-order valence-corrected chi connectivity index (χ3v) is 29.5. The topological polar surface area (TPSA) is 254 Å². The lowest BCUT2D eigenvalue weighted by molar-refractivity contribution is -0.239. The summed E-state index contributed by atoms with van der Waals surface area (Å²) < 4.78 is 116. The predicted molar refractivity (Wildman–Crippen MR) is 487 cm³/mol. The van der Waals surface area contributed by atoms with Gasteiger partial charge in [-0.2, -0.15) is 13.2 Å². The number of cyclic esters (lactones) is 1. The van der Waals surface area contributed by atoms with Crippen LogP contribution in [-0.2, 0) is 79.9 Å². The number of para-hydroxylation sites is 2. The minimum Gasteiger partial charge on any atom is -0.748 e. The van der Waals surface area contributed by atoms with Gasteiger partial charge in [0.25, 0.3) is 0 Å². The molecule has 2 heterocycles. The molecule has 1 saturated heterocycles. The van der Waals surface area contributed by atoms with E-state index in [-0.39, 0.29) is 112 Å². The lowest BCUT2D eigenvalue weighted by atomic mass is 9.46. The van der Waals surface area contributed by atoms with Gasteiger partial charge in [0.05, 0.1) is 49.6 Å². The summed E-state index contributed by atoms with van der Waals surface area (Å²) in [4.78, 5) is 76.6. The number of aryl methyl sites for hydroxylation is 1. The quantitative estimate of drug-likeness (QED) is 0.0194. The first kappa shape index (κ1) is 111. The van der Waals surface area contributed by atoms with E-state index in [1.165, 1.54) is 71.3 Å². The van der Waals surface area contributed by atoms with Crippen LogP contribution in [0.2, 0.25) is 0 Å². The second kappa shape index (κ2) is 44.9. The van der Waals surface area contributed by atoms with Crippen molar-refractivity contribution in [3.63, 3.8) is 0 Å². The fraction of sp³-hybridized carbons (Fsp3) is 0.644. The number of hydrogen-bond donors (Lipinski definition) is 1. The van der Waals surface area contributed by atoms with Crippen molar-refractivity contribution in [1.29, 1.82) is 0 Å². The molecule has 23 heteroatoms. The van der Waals surface area contributed by atoms with Crippen LogP contribution in [0, 0.1) is 62.1 Å². The van der Waals surface area contributed by atoms with Crippen molar-refractivity contribution < 1.29 is 97.9 Å². The van der Waals surface area contributed by atoms with Gasteiger partial charge in [-0.25, -0.2) is 13.2 Å². The van der Waals surface area contributed by atoms with Crippen molar-refractivity contribution in [3.8, 4) is 28.7 Å². The van der Waals surface area contributed by atoms with Crippen molar-refractivity contribution in [2.24, 2.45) is 62.1 Å². The number of ether oxygens (including phenoxy) is 8. The van der Waals surface area contributed by atoms with Gasteiger partial charge >= 0.3 is 42.0 Å². The molecular weight excluding hydrogens is 1620 g/mol. The number of phenols is 1. The summed E-state index contributed by atoms with van der Waals surface area (Å²) in [5, 5.41) is 9.51. The molecule has 5 atom stereocenters. The van der Waals surface area contributed by atoms with Crippen LogP contribution in [0.5, 0.6) is 28.7 Å². The number of hydrogen-bond acceptors (Lipinski definition) is 18. The zero-order valence-electron chi connectivity index (χ0n) is 74.1. The number of rotatable bonds is 24. The van der Waals surface area contributed by atoms with Crippen molar-refractivity contribution in [1.82, 2.24) is 0 Å². The lowest BCUT2D eigenvalue weighted by Crippen LogP contribution is -2.61. The van der Waals surface area contributed by atoms with E-state index in [1.54, 1.807) is 39.8 Å². The van der Waals surface area contributed by atoms with Gasteiger partial charge in [-0.05, 0) is 306 Å². The number of carbonyl (C=O) groups is 6. The SMILES string of the molecule is C.C.C.C.C.CCC(C)(C)C(=O)OC(C)(C)C12CC3CC(CC(C3)C1)C2.CCC(C)(C)C(=O)OC12CC3CC(C1)CC(C(=O)OC(CS(=O)(=O)[O-])C(F)(F)F)(C3)C2.CCC(C)(C)C(=O)OC1CCOC1=O.CCC(C)c1ccc(OC(C)(C)CC)cc1.CCc1cc(O)cc(OC(=O)C(C)(C)CC)c1.c1ccc([S+]2c3ccccc3Oc3ccccc32)cc1. The summed E-state index contributed by atoms with van der Waals surface area (Å²) in [6.07, 6.45) is 8.02. The van der Waals surface area contributed by atoms with E-state index >= 15 is 0 Å². The molecule has 698 valence electrons. The molecule has 8 bridgehead atoms. The van der Waals surface area contributed by atoms with Gasteiger partial charge in [-0.15, -0.1) is 0 Å². The molecule has 10 aliphatic rings. The van der Waals surface area contributed by atoms with Crippen LogP contribution in [0.3, 0.4) is 0 Å². The molecule has 0 aromatic heterocycles. The Morgan fingerprint density at radius 3 is 1.49 bits per heavy atom. The van der Waals surface area contributed by atoms with Crippen LogP contribution in [-0.4, -0.2) is 101 Å². The molecule has 5 unspecified atom stereocenters. The molecule has 5 aromatic carbocycles. The fourth-order valence-electron chi connectivity index (χ4n) is 17.4. The molecule has 9 fully saturated rings. The Balaban J connectivity index is 0.000000389. The van der Waals surface area contributed by atoms with E-state index in [0.29, 0.717) is 69.6 Å². The Hall–Kier alpha value is -7.63. The first-order valence-corrected chi connectivity index (χ1v) is 45.8. The third kappa shape index (κ3) is 28.4. The Morgan fingerprint density at radius 2 is 1.04 bits per heavy atom. The van der Waals surface area contributed by atoms with Crippen molar-refractivity contribution in [3.05, 3.63) is 132 Å². The summed E-state index contributed by atoms with van der Waals surface area (Å²) in [7, 11) is -5.35. The molecule has 8 saturated carbocycles. The van der Waals surface area contributed by atoms with E-state index in [4.69, 9.17) is 33.2 Å². The highest BCUT2D eigenvalue weighted by molar-refractivity contribution is 7.97. The normalized spacial score (nSPS) is 22.9. The summed E-state index contributed by atoms with van der Waals surface area (Å²) in [6.45, 7) is 40.1. The molecule has 0 spiro atoms. The van der Waals surface area contributed by atoms with Gasteiger partial charge in [0.1, 0.15) is 44.9 Å². The Kier molecular flexibility index (Phi) is 40.0. The van der Waals surface area contributed by atoms with Crippen LogP contribution >= 0.6 is 0 Å². The molecule has 15 rings (SSSR count). The molecule has 0 radical (unpaired) electrons. The average molecular weight is 1780 g/mol. The monoisotopic (exact) mass is 1780 g/mol. The smallest absolute Gasteiger partial charge is 0.426 e. The summed E-state index contributed by atoms with van der Waals surface area (Å²) in [6, 6.07) is 40.7. The van der Waals surface area contributed by atoms with Crippen LogP contribution in [0.4, 0.5) is 13.2 Å². The summed E-state index contributed by atoms with van der Waals surface area (Å²) in [5.41, 5.74) is -2.14. The second-order valence-electron chi connectivity index (χ2n) is 38.2. The van der Waals surface area contributed by atoms with E-state index in [2.05, 4.69) is 139 Å². The lowest BCUT2D eigenvalue weighted by Gasteiger charge is -2.61. The maximum atomic E-state index is 13.3. The summed E-state index contributed by atoms with van der Waals surface area (Å²) >= 11 is 0. The maximum absolute atomic E-state index is 13.3. The number of fused-ring (bicyclic) bond motifs is 2. The van der Waals surface area contributed by atoms with Crippen LogP contribution in [0.1, 0.15) is 315 Å². The highest BCUT2D eigenvalue weighted by atomic mass is 32.2.